The van der Waals surface area contributed by atoms with E-state index in [0.717, 1.165) is 6.07 Å². The molecule has 4 nitrogen and oxygen atoms in total. The number of aliphatic hydroxyl groups excluding tert-OH is 1. The highest BCUT2D eigenvalue weighted by Crippen LogP contribution is 2.18. The van der Waals surface area contributed by atoms with Gasteiger partial charge < -0.3 is 15.7 Å². The predicted molar refractivity (Wildman–Crippen MR) is 64.7 cm³/mol. The summed E-state index contributed by atoms with van der Waals surface area (Å²) in [6, 6.07) is 3.55. The number of benzene rings is 1. The smallest absolute Gasteiger partial charge is 0.319 e. The topological polar surface area (TPSA) is 61.4 Å². The van der Waals surface area contributed by atoms with Crippen molar-refractivity contribution in [2.45, 2.75) is 19.4 Å². The van der Waals surface area contributed by atoms with Crippen molar-refractivity contribution in [3.63, 3.8) is 0 Å². The van der Waals surface area contributed by atoms with Gasteiger partial charge in [-0.2, -0.15) is 0 Å². The number of nitrogens with one attached hydrogen (secondary N) is 2. The highest BCUT2D eigenvalue weighted by atomic mass is 35.5. The Hall–Kier alpha value is -1.33. The van der Waals surface area contributed by atoms with E-state index < -0.39 is 18.0 Å². The number of halogens is 2. The van der Waals surface area contributed by atoms with Crippen LogP contribution in [0.2, 0.25) is 5.02 Å². The lowest BCUT2D eigenvalue weighted by molar-refractivity contribution is 0.184. The fourth-order valence-electron chi connectivity index (χ4n) is 1.14. The molecule has 6 heteroatoms. The molecule has 0 saturated carbocycles. The molecule has 0 aliphatic carbocycles. The summed E-state index contributed by atoms with van der Waals surface area (Å²) in [6.45, 7) is 1.98. The number of rotatable bonds is 4. The number of urea groups is 1. The lowest BCUT2D eigenvalue weighted by Crippen LogP contribution is -2.30. The van der Waals surface area contributed by atoms with Crippen molar-refractivity contribution in [2.75, 3.05) is 11.9 Å². The van der Waals surface area contributed by atoms with Crippen LogP contribution in [-0.2, 0) is 0 Å². The monoisotopic (exact) mass is 260 g/mol. The van der Waals surface area contributed by atoms with Gasteiger partial charge in [-0.15, -0.1) is 0 Å². The van der Waals surface area contributed by atoms with Gasteiger partial charge in [0.1, 0.15) is 5.82 Å². The van der Waals surface area contributed by atoms with Gasteiger partial charge in [-0.05, 0) is 31.5 Å². The van der Waals surface area contributed by atoms with Crippen molar-refractivity contribution in [1.29, 1.82) is 0 Å². The van der Waals surface area contributed by atoms with Crippen LogP contribution in [0.25, 0.3) is 0 Å². The normalized spacial score (nSPS) is 12.0. The van der Waals surface area contributed by atoms with Gasteiger partial charge in [0.25, 0.3) is 0 Å². The molecular weight excluding hydrogens is 247 g/mol. The summed E-state index contributed by atoms with van der Waals surface area (Å²) < 4.78 is 13.1. The van der Waals surface area contributed by atoms with Gasteiger partial charge in [0, 0.05) is 12.2 Å². The van der Waals surface area contributed by atoms with E-state index in [-0.39, 0.29) is 5.02 Å². The standard InChI is InChI=1S/C11H14ClFN2O2/c1-7(16)4-5-14-11(17)15-8-2-3-9(12)10(13)6-8/h2-3,6-7,16H,4-5H2,1H3,(H2,14,15,17). The molecule has 1 aromatic carbocycles. The van der Waals surface area contributed by atoms with Gasteiger partial charge in [-0.3, -0.25) is 0 Å². The summed E-state index contributed by atoms with van der Waals surface area (Å²) in [5.74, 6) is -0.589. The summed E-state index contributed by atoms with van der Waals surface area (Å²) in [5, 5.41) is 14.0. The highest BCUT2D eigenvalue weighted by molar-refractivity contribution is 6.30. The molecule has 1 atom stereocenters. The minimum absolute atomic E-state index is 0.00469. The van der Waals surface area contributed by atoms with Gasteiger partial charge in [0.05, 0.1) is 11.1 Å². The summed E-state index contributed by atoms with van der Waals surface area (Å²) in [6.07, 6.45) is -0.00848. The molecule has 0 aliphatic rings. The third kappa shape index (κ3) is 5.01. The lowest BCUT2D eigenvalue weighted by atomic mass is 10.3. The highest BCUT2D eigenvalue weighted by Gasteiger charge is 2.05. The maximum Gasteiger partial charge on any atom is 0.319 e. The molecule has 0 heterocycles. The summed E-state index contributed by atoms with van der Waals surface area (Å²) >= 11 is 5.50. The fraction of sp³-hybridized carbons (Fsp3) is 0.364. The van der Waals surface area contributed by atoms with Gasteiger partial charge >= 0.3 is 6.03 Å². The largest absolute Gasteiger partial charge is 0.393 e. The number of anilines is 1. The average molecular weight is 261 g/mol. The molecule has 3 N–H and O–H groups in total. The second-order valence-corrected chi connectivity index (χ2v) is 4.05. The Labute approximate surface area is 104 Å². The number of hydrogen-bond donors (Lipinski definition) is 3. The van der Waals surface area contributed by atoms with Crippen molar-refractivity contribution >= 4 is 23.3 Å². The zero-order valence-electron chi connectivity index (χ0n) is 9.34. The minimum Gasteiger partial charge on any atom is -0.393 e. The zero-order valence-corrected chi connectivity index (χ0v) is 10.1. The molecule has 0 aliphatic heterocycles. The molecule has 0 fully saturated rings. The van der Waals surface area contributed by atoms with E-state index in [9.17, 15) is 9.18 Å². The molecule has 1 rings (SSSR count). The van der Waals surface area contributed by atoms with Crippen molar-refractivity contribution in [2.24, 2.45) is 0 Å². The Balaban J connectivity index is 2.42. The van der Waals surface area contributed by atoms with Crippen molar-refractivity contribution < 1.29 is 14.3 Å². The van der Waals surface area contributed by atoms with Crippen LogP contribution in [0.4, 0.5) is 14.9 Å². The fourth-order valence-corrected chi connectivity index (χ4v) is 1.26. The number of carbonyl (C=O) groups excluding carboxylic acids is 1. The van der Waals surface area contributed by atoms with E-state index in [1.807, 2.05) is 0 Å². The van der Waals surface area contributed by atoms with Crippen LogP contribution in [-0.4, -0.2) is 23.8 Å². The number of hydrogen-bond acceptors (Lipinski definition) is 2. The molecule has 0 aromatic heterocycles. The third-order valence-electron chi connectivity index (χ3n) is 2.03. The van der Waals surface area contributed by atoms with Gasteiger partial charge in [0.2, 0.25) is 0 Å². The Morgan fingerprint density at radius 3 is 2.88 bits per heavy atom. The molecule has 0 radical (unpaired) electrons. The predicted octanol–water partition coefficient (Wildman–Crippen LogP) is 2.37. The second-order valence-electron chi connectivity index (χ2n) is 3.65. The van der Waals surface area contributed by atoms with Crippen molar-refractivity contribution in [1.82, 2.24) is 5.32 Å². The Morgan fingerprint density at radius 1 is 1.59 bits per heavy atom. The third-order valence-corrected chi connectivity index (χ3v) is 2.33. The molecular formula is C11H14ClFN2O2. The Morgan fingerprint density at radius 2 is 2.29 bits per heavy atom. The maximum atomic E-state index is 13.1. The van der Waals surface area contributed by atoms with Gasteiger partial charge in [-0.25, -0.2) is 9.18 Å². The van der Waals surface area contributed by atoms with Crippen molar-refractivity contribution in [3.8, 4) is 0 Å². The number of amides is 2. The summed E-state index contributed by atoms with van der Waals surface area (Å²) in [4.78, 5) is 11.3. The zero-order chi connectivity index (χ0) is 12.8. The molecule has 0 saturated heterocycles. The summed E-state index contributed by atoms with van der Waals surface area (Å²) in [5.41, 5.74) is 0.321. The average Bonchev–Trinajstić information content (AvgIpc) is 2.23. The van der Waals surface area contributed by atoms with Crippen LogP contribution in [0.1, 0.15) is 13.3 Å². The van der Waals surface area contributed by atoms with Crippen LogP contribution in [0.15, 0.2) is 18.2 Å². The van der Waals surface area contributed by atoms with Crippen molar-refractivity contribution in [3.05, 3.63) is 29.0 Å². The maximum absolute atomic E-state index is 13.1. The number of carbonyl (C=O) groups is 1. The number of aliphatic hydroxyl groups is 1. The van der Waals surface area contributed by atoms with Crippen LogP contribution < -0.4 is 10.6 Å². The molecule has 17 heavy (non-hydrogen) atoms. The van der Waals surface area contributed by atoms with E-state index in [4.69, 9.17) is 16.7 Å². The molecule has 0 bridgehead atoms. The van der Waals surface area contributed by atoms with E-state index in [1.54, 1.807) is 6.92 Å². The molecule has 94 valence electrons. The summed E-state index contributed by atoms with van der Waals surface area (Å²) in [7, 11) is 0. The molecule has 1 aromatic rings. The van der Waals surface area contributed by atoms with Crippen LogP contribution in [0, 0.1) is 5.82 Å². The van der Waals surface area contributed by atoms with Gasteiger partial charge in [-0.1, -0.05) is 11.6 Å². The molecule has 2 amide bonds. The minimum atomic E-state index is -0.589. The first-order valence-corrected chi connectivity index (χ1v) is 5.55. The second kappa shape index (κ2) is 6.42. The molecule has 1 unspecified atom stereocenters. The SMILES string of the molecule is CC(O)CCNC(=O)Nc1ccc(Cl)c(F)c1. The van der Waals surface area contributed by atoms with E-state index in [1.165, 1.54) is 12.1 Å². The van der Waals surface area contributed by atoms with Crippen LogP contribution in [0.5, 0.6) is 0 Å². The first-order valence-electron chi connectivity index (χ1n) is 5.17. The first-order chi connectivity index (χ1) is 7.99. The Bertz CT molecular complexity index is 399. The van der Waals surface area contributed by atoms with Crippen LogP contribution in [0.3, 0.4) is 0 Å². The lowest BCUT2D eigenvalue weighted by Gasteiger charge is -2.08. The van der Waals surface area contributed by atoms with E-state index >= 15 is 0 Å². The van der Waals surface area contributed by atoms with Crippen LogP contribution >= 0.6 is 11.6 Å². The van der Waals surface area contributed by atoms with Gasteiger partial charge in [0.15, 0.2) is 0 Å². The van der Waals surface area contributed by atoms with E-state index in [0.29, 0.717) is 18.7 Å². The van der Waals surface area contributed by atoms with E-state index in [2.05, 4.69) is 10.6 Å². The first kappa shape index (κ1) is 13.7. The quantitative estimate of drug-likeness (QED) is 0.778. The Kier molecular flexibility index (Phi) is 5.18. The molecule has 0 spiro atoms.